The topological polar surface area (TPSA) is 50.8 Å². The lowest BCUT2D eigenvalue weighted by Crippen LogP contribution is -2.36. The average Bonchev–Trinajstić information content (AvgIpc) is 3.57. The highest BCUT2D eigenvalue weighted by atomic mass is 16.5. The number of benzene rings is 2. The number of hydrogen-bond donors (Lipinski definition) is 1. The molecule has 0 aromatic heterocycles. The summed E-state index contributed by atoms with van der Waals surface area (Å²) in [6.45, 7) is 5.69. The van der Waals surface area contributed by atoms with Crippen molar-refractivity contribution in [1.82, 2.24) is 10.2 Å². The fraction of sp³-hybridized carbons (Fsp3) is 0.435. The van der Waals surface area contributed by atoms with Gasteiger partial charge in [-0.1, -0.05) is 24.3 Å². The van der Waals surface area contributed by atoms with E-state index in [1.54, 1.807) is 0 Å². The van der Waals surface area contributed by atoms with Crippen molar-refractivity contribution >= 4 is 5.91 Å². The summed E-state index contributed by atoms with van der Waals surface area (Å²) in [4.78, 5) is 14.9. The smallest absolute Gasteiger partial charge is 0.251 e. The van der Waals surface area contributed by atoms with Crippen molar-refractivity contribution in [3.05, 3.63) is 65.2 Å². The van der Waals surface area contributed by atoms with E-state index in [9.17, 15) is 4.79 Å². The highest BCUT2D eigenvalue weighted by Crippen LogP contribution is 2.29. The summed E-state index contributed by atoms with van der Waals surface area (Å²) >= 11 is 0. The third kappa shape index (κ3) is 5.33. The Morgan fingerprint density at radius 1 is 1.04 bits per heavy atom. The van der Waals surface area contributed by atoms with E-state index in [1.807, 2.05) is 30.3 Å². The molecule has 1 saturated carbocycles. The predicted octanol–water partition coefficient (Wildman–Crippen LogP) is 3.24. The normalized spacial score (nSPS) is 17.3. The fourth-order valence-electron chi connectivity index (χ4n) is 3.36. The fourth-order valence-corrected chi connectivity index (χ4v) is 3.36. The molecular formula is C23H28N2O3. The lowest BCUT2D eigenvalue weighted by molar-refractivity contribution is 0.0340. The first-order valence-electron chi connectivity index (χ1n) is 10.2. The van der Waals surface area contributed by atoms with Gasteiger partial charge in [-0.3, -0.25) is 9.69 Å². The van der Waals surface area contributed by atoms with Gasteiger partial charge in [0.2, 0.25) is 0 Å². The number of nitrogens with one attached hydrogen (secondary N) is 1. The second-order valence-electron chi connectivity index (χ2n) is 7.62. The quantitative estimate of drug-likeness (QED) is 0.764. The molecule has 4 rings (SSSR count). The van der Waals surface area contributed by atoms with Crippen molar-refractivity contribution in [2.75, 3.05) is 32.9 Å². The van der Waals surface area contributed by atoms with E-state index >= 15 is 0 Å². The first kappa shape index (κ1) is 19.0. The van der Waals surface area contributed by atoms with E-state index in [2.05, 4.69) is 28.4 Å². The molecule has 0 unspecified atom stereocenters. The van der Waals surface area contributed by atoms with Crippen LogP contribution in [0.2, 0.25) is 0 Å². The molecule has 148 valence electrons. The van der Waals surface area contributed by atoms with Gasteiger partial charge in [-0.2, -0.15) is 0 Å². The standard InChI is InChI=1S/C23H28N2O3/c26-23(19-7-9-22(10-8-19)28-17-18-5-6-18)24-15-20-3-1-2-4-21(20)16-25-11-13-27-14-12-25/h1-4,7-10,18H,5-6,11-17H2,(H,24,26). The zero-order valence-corrected chi connectivity index (χ0v) is 16.2. The minimum atomic E-state index is -0.0603. The molecule has 0 atom stereocenters. The monoisotopic (exact) mass is 380 g/mol. The van der Waals surface area contributed by atoms with Crippen LogP contribution < -0.4 is 10.1 Å². The van der Waals surface area contributed by atoms with E-state index in [1.165, 1.54) is 18.4 Å². The van der Waals surface area contributed by atoms with Crippen LogP contribution in [0, 0.1) is 5.92 Å². The van der Waals surface area contributed by atoms with Gasteiger partial charge >= 0.3 is 0 Å². The van der Waals surface area contributed by atoms with Crippen LogP contribution in [-0.4, -0.2) is 43.7 Å². The van der Waals surface area contributed by atoms with Gasteiger partial charge in [-0.15, -0.1) is 0 Å². The molecule has 0 radical (unpaired) electrons. The number of hydrogen-bond acceptors (Lipinski definition) is 4. The Bertz CT molecular complexity index is 781. The highest BCUT2D eigenvalue weighted by molar-refractivity contribution is 5.94. The maximum absolute atomic E-state index is 12.5. The van der Waals surface area contributed by atoms with Crippen molar-refractivity contribution in [3.63, 3.8) is 0 Å². The first-order chi connectivity index (χ1) is 13.8. The van der Waals surface area contributed by atoms with Crippen LogP contribution >= 0.6 is 0 Å². The minimum absolute atomic E-state index is 0.0603. The molecule has 1 aliphatic carbocycles. The van der Waals surface area contributed by atoms with Crippen LogP contribution in [0.3, 0.4) is 0 Å². The van der Waals surface area contributed by atoms with Crippen molar-refractivity contribution in [1.29, 1.82) is 0 Å². The molecule has 1 N–H and O–H groups in total. The van der Waals surface area contributed by atoms with Crippen LogP contribution in [0.25, 0.3) is 0 Å². The van der Waals surface area contributed by atoms with E-state index in [-0.39, 0.29) is 5.91 Å². The summed E-state index contributed by atoms with van der Waals surface area (Å²) in [6, 6.07) is 15.7. The Balaban J connectivity index is 1.31. The van der Waals surface area contributed by atoms with Gasteiger partial charge < -0.3 is 14.8 Å². The largest absolute Gasteiger partial charge is 0.493 e. The molecule has 1 aliphatic heterocycles. The number of carbonyl (C=O) groups excluding carboxylic acids is 1. The zero-order chi connectivity index (χ0) is 19.2. The van der Waals surface area contributed by atoms with Crippen LogP contribution in [0.4, 0.5) is 0 Å². The molecular weight excluding hydrogens is 352 g/mol. The van der Waals surface area contributed by atoms with Crippen LogP contribution in [0.15, 0.2) is 48.5 Å². The molecule has 5 heteroatoms. The number of carbonyl (C=O) groups is 1. The maximum atomic E-state index is 12.5. The van der Waals surface area contributed by atoms with E-state index in [0.717, 1.165) is 56.7 Å². The zero-order valence-electron chi connectivity index (χ0n) is 16.2. The second-order valence-corrected chi connectivity index (χ2v) is 7.62. The maximum Gasteiger partial charge on any atom is 0.251 e. The van der Waals surface area contributed by atoms with Gasteiger partial charge in [0.25, 0.3) is 5.91 Å². The molecule has 1 amide bonds. The van der Waals surface area contributed by atoms with Crippen molar-refractivity contribution in [3.8, 4) is 5.75 Å². The van der Waals surface area contributed by atoms with E-state index in [4.69, 9.17) is 9.47 Å². The van der Waals surface area contributed by atoms with Gasteiger partial charge in [-0.05, 0) is 54.2 Å². The first-order valence-corrected chi connectivity index (χ1v) is 10.2. The molecule has 0 bridgehead atoms. The summed E-state index contributed by atoms with van der Waals surface area (Å²) in [7, 11) is 0. The molecule has 1 heterocycles. The second kappa shape index (κ2) is 9.22. The van der Waals surface area contributed by atoms with Gasteiger partial charge in [-0.25, -0.2) is 0 Å². The van der Waals surface area contributed by atoms with Gasteiger partial charge in [0, 0.05) is 31.7 Å². The summed E-state index contributed by atoms with van der Waals surface area (Å²) in [5.74, 6) is 1.50. The Kier molecular flexibility index (Phi) is 6.24. The molecule has 5 nitrogen and oxygen atoms in total. The SMILES string of the molecule is O=C(NCc1ccccc1CN1CCOCC1)c1ccc(OCC2CC2)cc1. The lowest BCUT2D eigenvalue weighted by Gasteiger charge is -2.27. The molecule has 2 aliphatic rings. The van der Waals surface area contributed by atoms with Crippen LogP contribution in [0.1, 0.15) is 34.3 Å². The molecule has 0 spiro atoms. The van der Waals surface area contributed by atoms with E-state index < -0.39 is 0 Å². The lowest BCUT2D eigenvalue weighted by atomic mass is 10.1. The molecule has 2 aromatic rings. The molecule has 1 saturated heterocycles. The van der Waals surface area contributed by atoms with Gasteiger partial charge in [0.05, 0.1) is 19.8 Å². The van der Waals surface area contributed by atoms with Gasteiger partial charge in [0.1, 0.15) is 5.75 Å². The van der Waals surface area contributed by atoms with Crippen LogP contribution in [0.5, 0.6) is 5.75 Å². The Labute approximate surface area is 166 Å². The number of nitrogens with zero attached hydrogens (tertiary/aromatic N) is 1. The number of rotatable bonds is 8. The summed E-state index contributed by atoms with van der Waals surface area (Å²) in [5, 5.41) is 3.05. The molecule has 2 aromatic carbocycles. The summed E-state index contributed by atoms with van der Waals surface area (Å²) in [6.07, 6.45) is 2.54. The highest BCUT2D eigenvalue weighted by Gasteiger charge is 2.21. The number of amides is 1. The Morgan fingerprint density at radius 2 is 1.75 bits per heavy atom. The molecule has 2 fully saturated rings. The summed E-state index contributed by atoms with van der Waals surface area (Å²) < 4.78 is 11.2. The third-order valence-electron chi connectivity index (χ3n) is 5.35. The summed E-state index contributed by atoms with van der Waals surface area (Å²) in [5.41, 5.74) is 3.07. The molecule has 28 heavy (non-hydrogen) atoms. The Hall–Kier alpha value is -2.37. The van der Waals surface area contributed by atoms with E-state index in [0.29, 0.717) is 12.1 Å². The minimum Gasteiger partial charge on any atom is -0.493 e. The predicted molar refractivity (Wildman–Crippen MR) is 108 cm³/mol. The third-order valence-corrected chi connectivity index (χ3v) is 5.35. The number of morpholine rings is 1. The van der Waals surface area contributed by atoms with Crippen molar-refractivity contribution < 1.29 is 14.3 Å². The van der Waals surface area contributed by atoms with Gasteiger partial charge in [0.15, 0.2) is 0 Å². The van der Waals surface area contributed by atoms with Crippen molar-refractivity contribution in [2.24, 2.45) is 5.92 Å². The van der Waals surface area contributed by atoms with Crippen molar-refractivity contribution in [2.45, 2.75) is 25.9 Å². The number of ether oxygens (including phenoxy) is 2. The van der Waals surface area contributed by atoms with Crippen LogP contribution in [-0.2, 0) is 17.8 Å². The average molecular weight is 380 g/mol. The Morgan fingerprint density at radius 3 is 2.46 bits per heavy atom.